The summed E-state index contributed by atoms with van der Waals surface area (Å²) in [6.45, 7) is 16.3. The van der Waals surface area contributed by atoms with Gasteiger partial charge in [-0.15, -0.1) is 0 Å². The number of carbonyl (C=O) groups is 13. The Morgan fingerprint density at radius 3 is 1.96 bits per heavy atom. The van der Waals surface area contributed by atoms with Crippen molar-refractivity contribution >= 4 is 82.9 Å². The van der Waals surface area contributed by atoms with Gasteiger partial charge in [-0.2, -0.15) is 0 Å². The van der Waals surface area contributed by atoms with E-state index in [1.54, 1.807) is 71.0 Å². The lowest BCUT2D eigenvalue weighted by atomic mass is 9.43. The number of nitrogens with one attached hydrogen (secondary N) is 6. The van der Waals surface area contributed by atoms with E-state index in [9.17, 15) is 63.0 Å². The van der Waals surface area contributed by atoms with E-state index >= 15 is 9.59 Å². The molecule has 7 rings (SSSR count). The van der Waals surface area contributed by atoms with E-state index < -0.39 is 191 Å². The quantitative estimate of drug-likeness (QED) is 0.0166. The highest BCUT2D eigenvalue weighted by Gasteiger charge is 2.77. The summed E-state index contributed by atoms with van der Waals surface area (Å²) in [5, 5.41) is 42.2. The molecule has 3 aromatic carbocycles. The molecule has 2 bridgehead atoms. The van der Waals surface area contributed by atoms with Crippen molar-refractivity contribution in [3.8, 4) is 0 Å². The SMILES string of the molecule is COCCOCC(=O)NCCCC[C@H](NC(=O)COCCOC)C(=O)C[C@H](C)C(=O)N[C@H](C)C(=O)N[C@H](CC(N)=O)C(=O)Nc1ccc(COC(=O)O[C@@H](C(=O)O[C@H]2C[C@@]3(O)C(OC(=O)c4ccccc4)[C@H]4[C@](C)(C(=O)[C@H](O)C(=C2C)C3(C)C)[C@@H](C)CC2OC[C@]24OC(C)=O)[C@@H](NC(=O)OC(C)(C)C)c2ccccc2)cc1. The second-order valence-electron chi connectivity index (χ2n) is 30.4. The molecule has 1 aliphatic heterocycles. The number of benzene rings is 3. The van der Waals surface area contributed by atoms with Crippen LogP contribution >= 0.6 is 0 Å². The topological polar surface area (TPSA) is 462 Å². The number of ketones is 2. The number of primary amides is 1. The van der Waals surface area contributed by atoms with Crippen LogP contribution in [0.3, 0.4) is 0 Å². The Hall–Kier alpha value is -9.77. The first kappa shape index (κ1) is 89.4. The van der Waals surface area contributed by atoms with Crippen molar-refractivity contribution in [3.05, 3.63) is 113 Å². The van der Waals surface area contributed by atoms with Gasteiger partial charge < -0.3 is 100.0 Å². The van der Waals surface area contributed by atoms with E-state index in [2.05, 4.69) is 31.9 Å². The zero-order valence-electron chi connectivity index (χ0n) is 65.6. The molecule has 0 spiro atoms. The average molecular weight is 1570 g/mol. The third-order valence-electron chi connectivity index (χ3n) is 20.8. The van der Waals surface area contributed by atoms with Crippen LogP contribution in [-0.2, 0) is 107 Å². The number of unbranched alkanes of at least 4 members (excludes halogenated alkanes) is 1. The highest BCUT2D eigenvalue weighted by atomic mass is 16.7. The molecular formula is C79H107N7O26. The molecule has 33 nitrogen and oxygen atoms in total. The number of esters is 3. The number of hydrogen-bond donors (Lipinski definition) is 9. The molecule has 1 heterocycles. The van der Waals surface area contributed by atoms with E-state index in [-0.39, 0.29) is 105 Å². The zero-order chi connectivity index (χ0) is 82.6. The standard InChI is InChI=1S/C79H107N7O26/c1-44(36-55(88)53(84-60(91)42-105-35-33-103-13)26-20-21-31-81-59(90)41-104-34-32-102-12)68(94)82-47(4)69(95)85-54(38-58(80)89)70(96)83-52-29-27-49(28-30-52)40-106-74(100)109-64(62(50-22-16-14-17-23-50)86-73(99)112-75(6,7)8)72(98)108-56-39-79(101)67(110-71(97)51-24-18-15-19-25-51)65-77(11,66(93)63(92)61(46(56)3)76(79,9)10)45(2)37-57-78(65,43-107-57)111-48(5)87/h14-19,22-25,27-30,44-45,47,53-54,56-57,62-65,67,92,101H,20-21,26,31-43H2,1-13H3,(H2,80,89)(H,81,90)(H,82,94)(H,83,96)(H,84,91)(H,85,95)(H,86,99)/t44-,45-,47+,53-,54+,56-,57?,62-,63+,64+,65-,67?,77+,78-,79+/m0/s1. The van der Waals surface area contributed by atoms with Gasteiger partial charge in [-0.3, -0.25) is 43.2 Å². The number of anilines is 1. The van der Waals surface area contributed by atoms with Gasteiger partial charge >= 0.3 is 30.2 Å². The number of hydrogen-bond acceptors (Lipinski definition) is 26. The van der Waals surface area contributed by atoms with E-state index in [0.29, 0.717) is 19.4 Å². The first-order chi connectivity index (χ1) is 52.8. The minimum atomic E-state index is -2.45. The zero-order valence-corrected chi connectivity index (χ0v) is 65.6. The largest absolute Gasteiger partial charge is 0.509 e. The van der Waals surface area contributed by atoms with Crippen LogP contribution < -0.4 is 37.6 Å². The maximum atomic E-state index is 15.6. The Morgan fingerprint density at radius 1 is 0.741 bits per heavy atom. The smallest absolute Gasteiger partial charge is 0.455 e. The van der Waals surface area contributed by atoms with Gasteiger partial charge in [0.1, 0.15) is 73.6 Å². The summed E-state index contributed by atoms with van der Waals surface area (Å²) >= 11 is 0. The fraction of sp³-hybridized carbons (Fsp3) is 0.582. The average Bonchev–Trinajstić information content (AvgIpc) is 0.669. The maximum absolute atomic E-state index is 15.6. The first-order valence-corrected chi connectivity index (χ1v) is 37.1. The van der Waals surface area contributed by atoms with Gasteiger partial charge in [0, 0.05) is 63.0 Å². The number of rotatable bonds is 38. The molecule has 112 heavy (non-hydrogen) atoms. The Morgan fingerprint density at radius 2 is 1.37 bits per heavy atom. The third-order valence-corrected chi connectivity index (χ3v) is 20.8. The highest BCUT2D eigenvalue weighted by molar-refractivity contribution is 6.01. The molecule has 3 fully saturated rings. The summed E-state index contributed by atoms with van der Waals surface area (Å²) in [6.07, 6.45) is -11.7. The number of Topliss-reactive ketones (excluding diaryl/α,β-unsaturated/α-hetero) is 2. The van der Waals surface area contributed by atoms with E-state index in [1.165, 1.54) is 104 Å². The molecular weight excluding hydrogens is 1460 g/mol. The molecule has 3 aliphatic carbocycles. The van der Waals surface area contributed by atoms with Crippen molar-refractivity contribution in [2.75, 3.05) is 72.3 Å². The number of fused-ring (bicyclic) bond motifs is 5. The van der Waals surface area contributed by atoms with Crippen molar-refractivity contribution in [2.24, 2.45) is 34.3 Å². The monoisotopic (exact) mass is 1570 g/mol. The minimum Gasteiger partial charge on any atom is -0.455 e. The van der Waals surface area contributed by atoms with Crippen LogP contribution in [0.2, 0.25) is 0 Å². The molecule has 0 radical (unpaired) electrons. The second kappa shape index (κ2) is 39.6. The van der Waals surface area contributed by atoms with Crippen LogP contribution in [0, 0.1) is 28.6 Å². The number of methoxy groups -OCH3 is 2. The van der Waals surface area contributed by atoms with Crippen molar-refractivity contribution in [3.63, 3.8) is 0 Å². The number of carbonyl (C=O) groups excluding carboxylic acids is 13. The van der Waals surface area contributed by atoms with Gasteiger partial charge in [0.05, 0.1) is 57.0 Å². The highest BCUT2D eigenvalue weighted by Crippen LogP contribution is 2.65. The second-order valence-corrected chi connectivity index (χ2v) is 30.4. The van der Waals surface area contributed by atoms with Crippen LogP contribution in [-0.4, -0.2) is 220 Å². The van der Waals surface area contributed by atoms with Crippen LogP contribution in [0.25, 0.3) is 0 Å². The van der Waals surface area contributed by atoms with Crippen molar-refractivity contribution < 1.29 is 125 Å². The Balaban J connectivity index is 1.07. The molecule has 2 saturated carbocycles. The number of ether oxygens (including phenoxy) is 11. The summed E-state index contributed by atoms with van der Waals surface area (Å²) in [7, 11) is 2.96. The van der Waals surface area contributed by atoms with E-state index in [1.807, 2.05) is 0 Å². The van der Waals surface area contributed by atoms with Gasteiger partial charge in [0.15, 0.2) is 17.2 Å². The van der Waals surface area contributed by atoms with Crippen molar-refractivity contribution in [1.29, 1.82) is 0 Å². The fourth-order valence-electron chi connectivity index (χ4n) is 14.7. The van der Waals surface area contributed by atoms with Crippen LogP contribution in [0.1, 0.15) is 149 Å². The molecule has 7 amide bonds. The van der Waals surface area contributed by atoms with Crippen LogP contribution in [0.15, 0.2) is 96.1 Å². The number of nitrogens with two attached hydrogens (primary N) is 1. The fourth-order valence-corrected chi connectivity index (χ4v) is 14.7. The Kier molecular flexibility index (Phi) is 31.6. The summed E-state index contributed by atoms with van der Waals surface area (Å²) in [6, 6.07) is 15.6. The normalized spacial score (nSPS) is 23.8. The summed E-state index contributed by atoms with van der Waals surface area (Å²) < 4.78 is 62.7. The summed E-state index contributed by atoms with van der Waals surface area (Å²) in [4.78, 5) is 179. The van der Waals surface area contributed by atoms with Gasteiger partial charge in [-0.1, -0.05) is 95.3 Å². The number of alkyl carbamates (subject to hydrolysis) is 1. The van der Waals surface area contributed by atoms with E-state index in [0.717, 1.165) is 0 Å². The number of aliphatic hydroxyl groups excluding tert-OH is 1. The summed E-state index contributed by atoms with van der Waals surface area (Å²) in [5.74, 6) is -12.0. The third kappa shape index (κ3) is 22.5. The molecule has 4 aliphatic rings. The Labute approximate surface area is 650 Å². The summed E-state index contributed by atoms with van der Waals surface area (Å²) in [5.41, 5.74) is -2.63. The number of aliphatic hydroxyl groups is 2. The van der Waals surface area contributed by atoms with Gasteiger partial charge in [0.25, 0.3) is 0 Å². The molecule has 614 valence electrons. The molecule has 2 unspecified atom stereocenters. The molecule has 1 saturated heterocycles. The lowest BCUT2D eigenvalue weighted by molar-refractivity contribution is -0.340. The Bertz CT molecular complexity index is 3890. The maximum Gasteiger partial charge on any atom is 0.509 e. The van der Waals surface area contributed by atoms with Gasteiger partial charge in [-0.05, 0) is 113 Å². The van der Waals surface area contributed by atoms with Crippen molar-refractivity contribution in [2.45, 2.75) is 199 Å². The number of amides is 7. The molecule has 10 N–H and O–H groups in total. The molecule has 3 aromatic rings. The lowest BCUT2D eigenvalue weighted by Crippen LogP contribution is -2.80. The van der Waals surface area contributed by atoms with Crippen LogP contribution in [0.5, 0.6) is 0 Å². The minimum absolute atomic E-state index is 0.0507. The molecule has 0 aromatic heterocycles. The van der Waals surface area contributed by atoms with Crippen LogP contribution in [0.4, 0.5) is 15.3 Å². The van der Waals surface area contributed by atoms with E-state index in [4.69, 9.17) is 57.8 Å². The predicted octanol–water partition coefficient (Wildman–Crippen LogP) is 4.39. The van der Waals surface area contributed by atoms with Crippen molar-refractivity contribution in [1.82, 2.24) is 26.6 Å². The van der Waals surface area contributed by atoms with Gasteiger partial charge in [-0.25, -0.2) is 19.2 Å². The molecule has 33 heteroatoms. The lowest BCUT2D eigenvalue weighted by Gasteiger charge is -2.68. The molecule has 15 atom stereocenters. The first-order valence-electron chi connectivity index (χ1n) is 37.1. The predicted molar refractivity (Wildman–Crippen MR) is 397 cm³/mol. The van der Waals surface area contributed by atoms with Gasteiger partial charge in [0.2, 0.25) is 41.5 Å².